The zero-order valence-corrected chi connectivity index (χ0v) is 10.5. The quantitative estimate of drug-likeness (QED) is 0.668. The summed E-state index contributed by atoms with van der Waals surface area (Å²) in [6, 6.07) is 16.7. The molecule has 2 nitrogen and oxygen atoms in total. The summed E-state index contributed by atoms with van der Waals surface area (Å²) in [5.41, 5.74) is 6.76. The van der Waals surface area contributed by atoms with Crippen molar-refractivity contribution in [3.05, 3.63) is 59.7 Å². The Kier molecular flexibility index (Phi) is 2.56. The highest BCUT2D eigenvalue weighted by atomic mass is 14.8. The molecule has 0 unspecified atom stereocenters. The summed E-state index contributed by atoms with van der Waals surface area (Å²) in [7, 11) is 3.65. The first-order valence-electron chi connectivity index (χ1n) is 6.00. The lowest BCUT2D eigenvalue weighted by molar-refractivity contribution is 1.39. The number of hydrogen-bond donors (Lipinski definition) is 0. The normalized spacial score (nSPS) is 17.7. The van der Waals surface area contributed by atoms with Crippen molar-refractivity contribution in [3.8, 4) is 11.1 Å². The molecule has 88 valence electrons. The van der Waals surface area contributed by atoms with E-state index < -0.39 is 0 Å². The molecular weight excluding hydrogens is 220 g/mol. The lowest BCUT2D eigenvalue weighted by atomic mass is 9.83. The molecule has 0 aliphatic heterocycles. The van der Waals surface area contributed by atoms with Gasteiger partial charge in [-0.15, -0.1) is 0 Å². The van der Waals surface area contributed by atoms with Crippen LogP contribution in [0.25, 0.3) is 11.1 Å². The van der Waals surface area contributed by atoms with Gasteiger partial charge in [0.1, 0.15) is 0 Å². The maximum atomic E-state index is 4.43. The Balaban J connectivity index is 2.42. The molecule has 0 bridgehead atoms. The fraction of sp³-hybridized carbons (Fsp3) is 0.125. The predicted octanol–water partition coefficient (Wildman–Crippen LogP) is 3.21. The predicted molar refractivity (Wildman–Crippen MR) is 76.8 cm³/mol. The van der Waals surface area contributed by atoms with E-state index in [9.17, 15) is 0 Å². The van der Waals surface area contributed by atoms with Crippen molar-refractivity contribution in [3.63, 3.8) is 0 Å². The molecule has 2 heteroatoms. The highest BCUT2D eigenvalue weighted by Crippen LogP contribution is 2.33. The van der Waals surface area contributed by atoms with Crippen molar-refractivity contribution >= 4 is 11.4 Å². The number of fused-ring (bicyclic) bond motifs is 3. The minimum Gasteiger partial charge on any atom is -0.286 e. The van der Waals surface area contributed by atoms with E-state index in [-0.39, 0.29) is 0 Å². The summed E-state index contributed by atoms with van der Waals surface area (Å²) < 4.78 is 0. The van der Waals surface area contributed by atoms with E-state index in [1.807, 2.05) is 26.2 Å². The lowest BCUT2D eigenvalue weighted by Gasteiger charge is -2.22. The van der Waals surface area contributed by atoms with E-state index in [2.05, 4.69) is 46.4 Å². The van der Waals surface area contributed by atoms with Gasteiger partial charge in [0.2, 0.25) is 0 Å². The van der Waals surface area contributed by atoms with Crippen LogP contribution in [0.5, 0.6) is 0 Å². The monoisotopic (exact) mass is 234 g/mol. The summed E-state index contributed by atoms with van der Waals surface area (Å²) in [5.74, 6) is 0. The van der Waals surface area contributed by atoms with Gasteiger partial charge in [-0.3, -0.25) is 9.98 Å². The average Bonchev–Trinajstić information content (AvgIpc) is 2.45. The molecule has 0 saturated carbocycles. The second kappa shape index (κ2) is 4.22. The van der Waals surface area contributed by atoms with Crippen LogP contribution in [-0.4, -0.2) is 25.5 Å². The molecule has 0 N–H and O–H groups in total. The third-order valence-corrected chi connectivity index (χ3v) is 3.33. The van der Waals surface area contributed by atoms with Crippen molar-refractivity contribution in [2.75, 3.05) is 14.1 Å². The Hall–Kier alpha value is -2.22. The molecule has 18 heavy (non-hydrogen) atoms. The van der Waals surface area contributed by atoms with Gasteiger partial charge in [-0.25, -0.2) is 0 Å². The van der Waals surface area contributed by atoms with Gasteiger partial charge in [0, 0.05) is 25.2 Å². The van der Waals surface area contributed by atoms with E-state index in [0.717, 1.165) is 11.4 Å². The molecule has 0 spiro atoms. The van der Waals surface area contributed by atoms with Gasteiger partial charge in [0.25, 0.3) is 0 Å². The number of rotatable bonds is 0. The molecule has 0 heterocycles. The SMILES string of the molecule is CN=C1C(=NC)c2ccccc2-c2ccccc21. The first-order valence-corrected chi connectivity index (χ1v) is 6.00. The molecule has 0 radical (unpaired) electrons. The highest BCUT2D eigenvalue weighted by Gasteiger charge is 2.25. The van der Waals surface area contributed by atoms with Crippen LogP contribution < -0.4 is 0 Å². The Morgan fingerprint density at radius 3 is 1.22 bits per heavy atom. The van der Waals surface area contributed by atoms with Crippen molar-refractivity contribution in [2.24, 2.45) is 9.98 Å². The summed E-state index contributed by atoms with van der Waals surface area (Å²) in [6.45, 7) is 0. The van der Waals surface area contributed by atoms with Crippen molar-refractivity contribution in [1.82, 2.24) is 0 Å². The molecule has 0 atom stereocenters. The summed E-state index contributed by atoms with van der Waals surface area (Å²) in [5, 5.41) is 0. The zero-order valence-electron chi connectivity index (χ0n) is 10.5. The molecule has 1 aliphatic rings. The molecule has 0 aromatic heterocycles. The van der Waals surface area contributed by atoms with Crippen LogP contribution in [0, 0.1) is 0 Å². The molecular formula is C16H14N2. The van der Waals surface area contributed by atoms with E-state index >= 15 is 0 Å². The van der Waals surface area contributed by atoms with E-state index in [0.29, 0.717) is 0 Å². The van der Waals surface area contributed by atoms with Gasteiger partial charge in [-0.1, -0.05) is 48.5 Å². The van der Waals surface area contributed by atoms with E-state index in [1.165, 1.54) is 22.3 Å². The summed E-state index contributed by atoms with van der Waals surface area (Å²) >= 11 is 0. The fourth-order valence-electron chi connectivity index (χ4n) is 2.56. The molecule has 0 amide bonds. The number of nitrogens with zero attached hydrogens (tertiary/aromatic N) is 2. The number of hydrogen-bond acceptors (Lipinski definition) is 2. The van der Waals surface area contributed by atoms with Crippen LogP contribution >= 0.6 is 0 Å². The van der Waals surface area contributed by atoms with E-state index in [4.69, 9.17) is 0 Å². The summed E-state index contributed by atoms with van der Waals surface area (Å²) in [6.07, 6.45) is 0. The Bertz CT molecular complexity index is 607. The van der Waals surface area contributed by atoms with Gasteiger partial charge in [-0.2, -0.15) is 0 Å². The minimum atomic E-state index is 0.979. The second-order valence-corrected chi connectivity index (χ2v) is 4.24. The fourth-order valence-corrected chi connectivity index (χ4v) is 2.56. The Labute approximate surface area is 107 Å². The Morgan fingerprint density at radius 2 is 0.889 bits per heavy atom. The maximum absolute atomic E-state index is 4.43. The van der Waals surface area contributed by atoms with Crippen molar-refractivity contribution in [1.29, 1.82) is 0 Å². The molecule has 0 saturated heterocycles. The van der Waals surface area contributed by atoms with Gasteiger partial charge in [0.05, 0.1) is 11.4 Å². The Morgan fingerprint density at radius 1 is 0.556 bits per heavy atom. The van der Waals surface area contributed by atoms with Gasteiger partial charge >= 0.3 is 0 Å². The average molecular weight is 234 g/mol. The first-order chi connectivity index (χ1) is 8.86. The number of benzene rings is 2. The highest BCUT2D eigenvalue weighted by molar-refractivity contribution is 6.56. The molecule has 0 fully saturated rings. The zero-order chi connectivity index (χ0) is 12.5. The lowest BCUT2D eigenvalue weighted by Crippen LogP contribution is -2.23. The smallest absolute Gasteiger partial charge is 0.0907 e. The standard InChI is InChI=1S/C16H14N2/c1-17-15-13-9-5-3-7-11(13)12-8-4-6-10-14(12)16(15)18-2/h3-10H,1-2H3. The molecule has 2 aromatic carbocycles. The minimum absolute atomic E-state index is 0.979. The van der Waals surface area contributed by atoms with Crippen molar-refractivity contribution in [2.45, 2.75) is 0 Å². The number of aliphatic imine (C=N–C) groups is 2. The first kappa shape index (κ1) is 10.9. The van der Waals surface area contributed by atoms with Crippen LogP contribution in [0.4, 0.5) is 0 Å². The topological polar surface area (TPSA) is 24.7 Å². The molecule has 2 aromatic rings. The van der Waals surface area contributed by atoms with Crippen LogP contribution in [0.3, 0.4) is 0 Å². The van der Waals surface area contributed by atoms with Gasteiger partial charge < -0.3 is 0 Å². The van der Waals surface area contributed by atoms with E-state index in [1.54, 1.807) is 0 Å². The maximum Gasteiger partial charge on any atom is 0.0907 e. The third-order valence-electron chi connectivity index (χ3n) is 3.33. The van der Waals surface area contributed by atoms with Crippen molar-refractivity contribution < 1.29 is 0 Å². The summed E-state index contributed by atoms with van der Waals surface area (Å²) in [4.78, 5) is 8.85. The van der Waals surface area contributed by atoms with Crippen LogP contribution in [-0.2, 0) is 0 Å². The third kappa shape index (κ3) is 1.42. The molecule has 1 aliphatic carbocycles. The van der Waals surface area contributed by atoms with Gasteiger partial charge in [-0.05, 0) is 11.1 Å². The van der Waals surface area contributed by atoms with Crippen LogP contribution in [0.15, 0.2) is 58.5 Å². The van der Waals surface area contributed by atoms with Crippen LogP contribution in [0.2, 0.25) is 0 Å². The molecule has 3 rings (SSSR count). The van der Waals surface area contributed by atoms with Crippen LogP contribution in [0.1, 0.15) is 11.1 Å². The largest absolute Gasteiger partial charge is 0.286 e. The van der Waals surface area contributed by atoms with Gasteiger partial charge in [0.15, 0.2) is 0 Å². The second-order valence-electron chi connectivity index (χ2n) is 4.24.